The van der Waals surface area contributed by atoms with Crippen molar-refractivity contribution in [3.05, 3.63) is 34.9 Å². The van der Waals surface area contributed by atoms with Crippen LogP contribution < -0.4 is 5.32 Å². The molecule has 0 amide bonds. The quantitative estimate of drug-likeness (QED) is 0.849. The van der Waals surface area contributed by atoms with E-state index in [0.29, 0.717) is 0 Å². The molecule has 2 atom stereocenters. The summed E-state index contributed by atoms with van der Waals surface area (Å²) in [5.41, 5.74) is 1.40. The van der Waals surface area contributed by atoms with Crippen LogP contribution in [0.25, 0.3) is 0 Å². The predicted molar refractivity (Wildman–Crippen MR) is 67.7 cm³/mol. The van der Waals surface area contributed by atoms with Gasteiger partial charge in [0, 0.05) is 5.02 Å². The van der Waals surface area contributed by atoms with Gasteiger partial charge in [-0.25, -0.2) is 0 Å². The third-order valence-electron chi connectivity index (χ3n) is 4.01. The fourth-order valence-corrected chi connectivity index (χ4v) is 3.23. The normalized spacial score (nSPS) is 29.6. The molecule has 1 saturated heterocycles. The Labute approximate surface area is 102 Å². The van der Waals surface area contributed by atoms with E-state index < -0.39 is 0 Å². The zero-order valence-corrected chi connectivity index (χ0v) is 10.2. The zero-order chi connectivity index (χ0) is 11.0. The van der Waals surface area contributed by atoms with Crippen LogP contribution in [-0.4, -0.2) is 13.1 Å². The highest BCUT2D eigenvalue weighted by Crippen LogP contribution is 2.42. The molecule has 1 N–H and O–H groups in total. The minimum atomic E-state index is 0.825. The fraction of sp³-hybridized carbons (Fsp3) is 0.571. The Kier molecular flexibility index (Phi) is 2.91. The average molecular weight is 236 g/mol. The minimum Gasteiger partial charge on any atom is -0.316 e. The SMILES string of the molecule is Clc1cccc(CC2CNCC2C2CC2)c1. The summed E-state index contributed by atoms with van der Waals surface area (Å²) < 4.78 is 0. The molecule has 2 fully saturated rings. The fourth-order valence-electron chi connectivity index (χ4n) is 3.02. The van der Waals surface area contributed by atoms with Crippen LogP contribution in [0.5, 0.6) is 0 Å². The lowest BCUT2D eigenvalue weighted by atomic mass is 9.86. The summed E-state index contributed by atoms with van der Waals surface area (Å²) in [7, 11) is 0. The molecule has 1 heterocycles. The van der Waals surface area contributed by atoms with E-state index in [0.717, 1.165) is 22.8 Å². The van der Waals surface area contributed by atoms with E-state index in [1.165, 1.54) is 37.9 Å². The summed E-state index contributed by atoms with van der Waals surface area (Å²) in [5, 5.41) is 4.41. The zero-order valence-electron chi connectivity index (χ0n) is 9.45. The minimum absolute atomic E-state index is 0.825. The molecule has 0 bridgehead atoms. The Balaban J connectivity index is 1.69. The van der Waals surface area contributed by atoms with Gasteiger partial charge in [-0.15, -0.1) is 0 Å². The van der Waals surface area contributed by atoms with Crippen molar-refractivity contribution >= 4 is 11.6 Å². The summed E-state index contributed by atoms with van der Waals surface area (Å²) in [4.78, 5) is 0. The van der Waals surface area contributed by atoms with Crippen LogP contribution in [0, 0.1) is 17.8 Å². The Hall–Kier alpha value is -0.530. The molecule has 1 aliphatic heterocycles. The molecular formula is C14H18ClN. The van der Waals surface area contributed by atoms with Crippen LogP contribution in [0.2, 0.25) is 5.02 Å². The maximum absolute atomic E-state index is 6.03. The average Bonchev–Trinajstić information content (AvgIpc) is 3.00. The van der Waals surface area contributed by atoms with Gasteiger partial charge in [0.15, 0.2) is 0 Å². The van der Waals surface area contributed by atoms with Crippen LogP contribution in [0.1, 0.15) is 18.4 Å². The third kappa shape index (κ3) is 2.26. The lowest BCUT2D eigenvalue weighted by Gasteiger charge is -2.17. The van der Waals surface area contributed by atoms with Gasteiger partial charge in [-0.1, -0.05) is 23.7 Å². The lowest BCUT2D eigenvalue weighted by molar-refractivity contribution is 0.373. The molecule has 2 unspecified atom stereocenters. The summed E-state index contributed by atoms with van der Waals surface area (Å²) in [6, 6.07) is 8.33. The van der Waals surface area contributed by atoms with Crippen LogP contribution in [0.15, 0.2) is 24.3 Å². The van der Waals surface area contributed by atoms with Gasteiger partial charge in [0.2, 0.25) is 0 Å². The lowest BCUT2D eigenvalue weighted by Crippen LogP contribution is -2.16. The first kappa shape index (κ1) is 10.6. The Morgan fingerprint density at radius 1 is 1.25 bits per heavy atom. The van der Waals surface area contributed by atoms with Crippen molar-refractivity contribution in [3.63, 3.8) is 0 Å². The van der Waals surface area contributed by atoms with Crippen LogP contribution in [0.4, 0.5) is 0 Å². The number of hydrogen-bond donors (Lipinski definition) is 1. The highest BCUT2D eigenvalue weighted by molar-refractivity contribution is 6.30. The second kappa shape index (κ2) is 4.38. The first-order valence-corrected chi connectivity index (χ1v) is 6.66. The molecule has 1 saturated carbocycles. The topological polar surface area (TPSA) is 12.0 Å². The van der Waals surface area contributed by atoms with E-state index in [-0.39, 0.29) is 0 Å². The highest BCUT2D eigenvalue weighted by atomic mass is 35.5. The van der Waals surface area contributed by atoms with Gasteiger partial charge < -0.3 is 5.32 Å². The van der Waals surface area contributed by atoms with E-state index in [4.69, 9.17) is 11.6 Å². The largest absolute Gasteiger partial charge is 0.316 e. The predicted octanol–water partition coefficient (Wildman–Crippen LogP) is 3.13. The molecule has 1 aliphatic carbocycles. The molecule has 1 nitrogen and oxygen atoms in total. The van der Waals surface area contributed by atoms with Crippen molar-refractivity contribution in [2.75, 3.05) is 13.1 Å². The molecule has 2 heteroatoms. The van der Waals surface area contributed by atoms with E-state index in [2.05, 4.69) is 23.5 Å². The Morgan fingerprint density at radius 2 is 2.12 bits per heavy atom. The van der Waals surface area contributed by atoms with Gasteiger partial charge in [-0.05, 0) is 67.8 Å². The van der Waals surface area contributed by atoms with Gasteiger partial charge >= 0.3 is 0 Å². The van der Waals surface area contributed by atoms with Crippen molar-refractivity contribution in [2.45, 2.75) is 19.3 Å². The van der Waals surface area contributed by atoms with Gasteiger partial charge in [-0.3, -0.25) is 0 Å². The molecule has 0 radical (unpaired) electrons. The van der Waals surface area contributed by atoms with Crippen molar-refractivity contribution in [1.82, 2.24) is 5.32 Å². The first-order valence-electron chi connectivity index (χ1n) is 6.28. The van der Waals surface area contributed by atoms with Crippen molar-refractivity contribution in [3.8, 4) is 0 Å². The van der Waals surface area contributed by atoms with Crippen molar-refractivity contribution in [2.24, 2.45) is 17.8 Å². The molecule has 3 rings (SSSR count). The molecule has 1 aromatic rings. The maximum atomic E-state index is 6.03. The monoisotopic (exact) mass is 235 g/mol. The number of halogens is 1. The summed E-state index contributed by atoms with van der Waals surface area (Å²) in [5.74, 6) is 2.75. The molecule has 2 aliphatic rings. The molecular weight excluding hydrogens is 218 g/mol. The van der Waals surface area contributed by atoms with E-state index >= 15 is 0 Å². The molecule has 0 spiro atoms. The van der Waals surface area contributed by atoms with Gasteiger partial charge in [0.25, 0.3) is 0 Å². The molecule has 16 heavy (non-hydrogen) atoms. The first-order chi connectivity index (χ1) is 7.83. The van der Waals surface area contributed by atoms with Crippen molar-refractivity contribution in [1.29, 1.82) is 0 Å². The van der Waals surface area contributed by atoms with Crippen molar-refractivity contribution < 1.29 is 0 Å². The molecule has 1 aromatic carbocycles. The number of benzene rings is 1. The van der Waals surface area contributed by atoms with E-state index in [1.807, 2.05) is 6.07 Å². The van der Waals surface area contributed by atoms with Crippen LogP contribution in [-0.2, 0) is 6.42 Å². The van der Waals surface area contributed by atoms with Gasteiger partial charge in [0.1, 0.15) is 0 Å². The highest BCUT2D eigenvalue weighted by Gasteiger charge is 2.38. The van der Waals surface area contributed by atoms with E-state index in [1.54, 1.807) is 0 Å². The van der Waals surface area contributed by atoms with Crippen LogP contribution in [0.3, 0.4) is 0 Å². The van der Waals surface area contributed by atoms with Gasteiger partial charge in [0.05, 0.1) is 0 Å². The standard InChI is InChI=1S/C14H18ClN/c15-13-3-1-2-10(7-13)6-12-8-16-9-14(12)11-4-5-11/h1-3,7,11-12,14,16H,4-6,8-9H2. The smallest absolute Gasteiger partial charge is 0.0408 e. The summed E-state index contributed by atoms with van der Waals surface area (Å²) >= 11 is 6.03. The van der Waals surface area contributed by atoms with E-state index in [9.17, 15) is 0 Å². The summed E-state index contributed by atoms with van der Waals surface area (Å²) in [6.45, 7) is 2.42. The Morgan fingerprint density at radius 3 is 2.88 bits per heavy atom. The third-order valence-corrected chi connectivity index (χ3v) is 4.24. The molecule has 86 valence electrons. The Bertz CT molecular complexity index is 373. The molecule has 0 aromatic heterocycles. The van der Waals surface area contributed by atoms with Gasteiger partial charge in [-0.2, -0.15) is 0 Å². The maximum Gasteiger partial charge on any atom is 0.0408 e. The second-order valence-corrected chi connectivity index (χ2v) is 5.69. The number of hydrogen-bond acceptors (Lipinski definition) is 1. The number of rotatable bonds is 3. The van der Waals surface area contributed by atoms with Crippen LogP contribution >= 0.6 is 11.6 Å². The second-order valence-electron chi connectivity index (χ2n) is 5.25. The summed E-state index contributed by atoms with van der Waals surface area (Å²) in [6.07, 6.45) is 4.10. The number of nitrogens with one attached hydrogen (secondary N) is 1.